The molecule has 2 fully saturated rings. The highest BCUT2D eigenvalue weighted by atomic mass is 16.2. The monoisotopic (exact) mass is 286 g/mol. The third kappa shape index (κ3) is 2.55. The van der Waals surface area contributed by atoms with Gasteiger partial charge in [0.2, 0.25) is 11.8 Å². The Kier molecular flexibility index (Phi) is 3.70. The number of aryl methyl sites for hydroxylation is 1. The minimum Gasteiger partial charge on any atom is -0.342 e. The van der Waals surface area contributed by atoms with Gasteiger partial charge in [0.25, 0.3) is 0 Å². The smallest absolute Gasteiger partial charge is 0.228 e. The molecule has 2 heterocycles. The number of hydrogen-bond donors (Lipinski definition) is 0. The van der Waals surface area contributed by atoms with Crippen LogP contribution in [-0.2, 0) is 9.59 Å². The van der Waals surface area contributed by atoms with Crippen LogP contribution < -0.4 is 4.90 Å². The minimum atomic E-state index is -0.171. The van der Waals surface area contributed by atoms with Crippen LogP contribution in [-0.4, -0.2) is 36.3 Å². The Morgan fingerprint density at radius 2 is 1.90 bits per heavy atom. The summed E-state index contributed by atoms with van der Waals surface area (Å²) in [5.74, 6) is 0.0606. The van der Waals surface area contributed by atoms with Crippen molar-refractivity contribution < 1.29 is 9.59 Å². The summed E-state index contributed by atoms with van der Waals surface area (Å²) in [6.07, 6.45) is 2.53. The van der Waals surface area contributed by atoms with Crippen molar-refractivity contribution in [2.24, 2.45) is 5.92 Å². The molecule has 2 saturated heterocycles. The van der Waals surface area contributed by atoms with Gasteiger partial charge in [0.05, 0.1) is 5.92 Å². The zero-order chi connectivity index (χ0) is 15.0. The van der Waals surface area contributed by atoms with Gasteiger partial charge in [0.1, 0.15) is 0 Å². The van der Waals surface area contributed by atoms with Crippen LogP contribution in [0.4, 0.5) is 5.69 Å². The van der Waals surface area contributed by atoms with Crippen LogP contribution in [0.15, 0.2) is 18.2 Å². The number of anilines is 1. The lowest BCUT2D eigenvalue weighted by Crippen LogP contribution is -2.35. The zero-order valence-electron chi connectivity index (χ0n) is 12.8. The van der Waals surface area contributed by atoms with Crippen molar-refractivity contribution >= 4 is 17.5 Å². The molecule has 1 aromatic carbocycles. The highest BCUT2D eigenvalue weighted by molar-refractivity contribution is 6.00. The van der Waals surface area contributed by atoms with Crippen molar-refractivity contribution in [2.45, 2.75) is 33.1 Å². The first kappa shape index (κ1) is 14.1. The number of rotatable bonds is 2. The van der Waals surface area contributed by atoms with Gasteiger partial charge < -0.3 is 9.80 Å². The predicted octanol–water partition coefficient (Wildman–Crippen LogP) is 2.28. The summed E-state index contributed by atoms with van der Waals surface area (Å²) in [6, 6.07) is 6.00. The molecule has 0 bridgehead atoms. The standard InChI is InChI=1S/C17H22N2O2/c1-12-6-5-7-15(13(12)2)19-11-14(10-16(19)20)17(21)18-8-3-4-9-18/h5-7,14H,3-4,8-11H2,1-2H3/t14-/m1/s1. The Hall–Kier alpha value is -1.84. The molecule has 1 aromatic rings. The number of carbonyl (C=O) groups excluding carboxylic acids is 2. The Morgan fingerprint density at radius 3 is 2.62 bits per heavy atom. The van der Waals surface area contributed by atoms with Crippen molar-refractivity contribution in [3.8, 4) is 0 Å². The molecule has 0 radical (unpaired) electrons. The second-order valence-corrected chi connectivity index (χ2v) is 6.16. The van der Waals surface area contributed by atoms with Crippen molar-refractivity contribution in [1.82, 2.24) is 4.90 Å². The van der Waals surface area contributed by atoms with E-state index in [0.717, 1.165) is 37.2 Å². The van der Waals surface area contributed by atoms with E-state index in [1.165, 1.54) is 5.56 Å². The zero-order valence-corrected chi connectivity index (χ0v) is 12.8. The van der Waals surface area contributed by atoms with Gasteiger partial charge in [-0.25, -0.2) is 0 Å². The van der Waals surface area contributed by atoms with E-state index in [0.29, 0.717) is 13.0 Å². The maximum Gasteiger partial charge on any atom is 0.228 e. The van der Waals surface area contributed by atoms with E-state index in [4.69, 9.17) is 0 Å². The highest BCUT2D eigenvalue weighted by Crippen LogP contribution is 2.30. The molecule has 0 saturated carbocycles. The van der Waals surface area contributed by atoms with Crippen molar-refractivity contribution in [1.29, 1.82) is 0 Å². The molecule has 0 spiro atoms. The van der Waals surface area contributed by atoms with Crippen molar-refractivity contribution in [3.05, 3.63) is 29.3 Å². The minimum absolute atomic E-state index is 0.0706. The topological polar surface area (TPSA) is 40.6 Å². The van der Waals surface area contributed by atoms with E-state index in [9.17, 15) is 9.59 Å². The van der Waals surface area contributed by atoms with E-state index in [-0.39, 0.29) is 17.7 Å². The molecule has 4 heteroatoms. The van der Waals surface area contributed by atoms with Gasteiger partial charge in [0.15, 0.2) is 0 Å². The molecule has 2 aliphatic heterocycles. The van der Waals surface area contributed by atoms with Gasteiger partial charge in [-0.15, -0.1) is 0 Å². The molecular weight excluding hydrogens is 264 g/mol. The summed E-state index contributed by atoms with van der Waals surface area (Å²) in [4.78, 5) is 28.5. The highest BCUT2D eigenvalue weighted by Gasteiger charge is 2.38. The van der Waals surface area contributed by atoms with E-state index in [1.807, 2.05) is 36.9 Å². The summed E-state index contributed by atoms with van der Waals surface area (Å²) in [7, 11) is 0. The molecule has 0 N–H and O–H groups in total. The van der Waals surface area contributed by atoms with E-state index in [1.54, 1.807) is 4.90 Å². The van der Waals surface area contributed by atoms with Gasteiger partial charge in [0, 0.05) is 31.7 Å². The Balaban J connectivity index is 1.78. The van der Waals surface area contributed by atoms with Gasteiger partial charge in [-0.3, -0.25) is 9.59 Å². The molecule has 1 atom stereocenters. The average Bonchev–Trinajstić information content (AvgIpc) is 3.11. The maximum absolute atomic E-state index is 12.5. The summed E-state index contributed by atoms with van der Waals surface area (Å²) < 4.78 is 0. The van der Waals surface area contributed by atoms with Gasteiger partial charge in [-0.2, -0.15) is 0 Å². The number of hydrogen-bond acceptors (Lipinski definition) is 2. The van der Waals surface area contributed by atoms with Crippen molar-refractivity contribution in [2.75, 3.05) is 24.5 Å². The second kappa shape index (κ2) is 5.51. The van der Waals surface area contributed by atoms with Crippen LogP contribution >= 0.6 is 0 Å². The largest absolute Gasteiger partial charge is 0.342 e. The number of benzene rings is 1. The summed E-state index contributed by atoms with van der Waals surface area (Å²) in [5.41, 5.74) is 3.26. The molecule has 21 heavy (non-hydrogen) atoms. The van der Waals surface area contributed by atoms with E-state index in [2.05, 4.69) is 0 Å². The van der Waals surface area contributed by atoms with Crippen LogP contribution in [0.1, 0.15) is 30.4 Å². The fraction of sp³-hybridized carbons (Fsp3) is 0.529. The number of amides is 2. The number of likely N-dealkylation sites (tertiary alicyclic amines) is 1. The normalized spacial score (nSPS) is 22.2. The molecule has 4 nitrogen and oxygen atoms in total. The lowest BCUT2D eigenvalue weighted by Gasteiger charge is -2.22. The molecule has 2 aliphatic rings. The predicted molar refractivity (Wildman–Crippen MR) is 82.2 cm³/mol. The third-order valence-electron chi connectivity index (χ3n) is 4.76. The molecular formula is C17H22N2O2. The van der Waals surface area contributed by atoms with E-state index >= 15 is 0 Å². The van der Waals surface area contributed by atoms with Crippen LogP contribution in [0.5, 0.6) is 0 Å². The summed E-state index contributed by atoms with van der Waals surface area (Å²) >= 11 is 0. The third-order valence-corrected chi connectivity index (χ3v) is 4.76. The van der Waals surface area contributed by atoms with Crippen LogP contribution in [0.2, 0.25) is 0 Å². The Labute approximate surface area is 125 Å². The quantitative estimate of drug-likeness (QED) is 0.837. The lowest BCUT2D eigenvalue weighted by molar-refractivity contribution is -0.134. The second-order valence-electron chi connectivity index (χ2n) is 6.16. The molecule has 112 valence electrons. The van der Waals surface area contributed by atoms with Crippen LogP contribution in [0, 0.1) is 19.8 Å². The van der Waals surface area contributed by atoms with E-state index < -0.39 is 0 Å². The molecule has 0 aromatic heterocycles. The Morgan fingerprint density at radius 1 is 1.19 bits per heavy atom. The summed E-state index contributed by atoms with van der Waals surface area (Å²) in [5, 5.41) is 0. The SMILES string of the molecule is Cc1cccc(N2C[C@H](C(=O)N3CCCC3)CC2=O)c1C. The van der Waals surface area contributed by atoms with Gasteiger partial charge in [-0.05, 0) is 43.9 Å². The number of nitrogens with zero attached hydrogens (tertiary/aromatic N) is 2. The first-order valence-electron chi connectivity index (χ1n) is 7.73. The Bertz CT molecular complexity index is 576. The maximum atomic E-state index is 12.5. The van der Waals surface area contributed by atoms with Gasteiger partial charge in [-0.1, -0.05) is 12.1 Å². The average molecular weight is 286 g/mol. The lowest BCUT2D eigenvalue weighted by atomic mass is 10.1. The molecule has 0 aliphatic carbocycles. The fourth-order valence-corrected chi connectivity index (χ4v) is 3.33. The molecule has 3 rings (SSSR count). The number of carbonyl (C=O) groups is 2. The van der Waals surface area contributed by atoms with Crippen molar-refractivity contribution in [3.63, 3.8) is 0 Å². The first-order valence-corrected chi connectivity index (χ1v) is 7.73. The van der Waals surface area contributed by atoms with Crippen LogP contribution in [0.3, 0.4) is 0 Å². The van der Waals surface area contributed by atoms with Gasteiger partial charge >= 0.3 is 0 Å². The van der Waals surface area contributed by atoms with Crippen LogP contribution in [0.25, 0.3) is 0 Å². The summed E-state index contributed by atoms with van der Waals surface area (Å²) in [6.45, 7) is 6.32. The molecule has 0 unspecified atom stereocenters. The fourth-order valence-electron chi connectivity index (χ4n) is 3.33. The first-order chi connectivity index (χ1) is 10.1. The molecule has 2 amide bonds.